The van der Waals surface area contributed by atoms with Crippen molar-refractivity contribution in [2.75, 3.05) is 19.6 Å². The Labute approximate surface area is 360 Å². The average molecular weight is 838 g/mol. The molecule has 0 aromatic heterocycles. The van der Waals surface area contributed by atoms with Gasteiger partial charge >= 0.3 is 0 Å². The van der Waals surface area contributed by atoms with E-state index in [2.05, 4.69) is 98.8 Å². The van der Waals surface area contributed by atoms with Gasteiger partial charge in [-0.25, -0.2) is 4.90 Å². The molecule has 0 saturated carbocycles. The summed E-state index contributed by atoms with van der Waals surface area (Å²) in [5.74, 6) is -2.90. The van der Waals surface area contributed by atoms with E-state index in [1.807, 2.05) is 60.4 Å². The minimum absolute atomic E-state index is 0.0677. The van der Waals surface area contributed by atoms with Crippen molar-refractivity contribution in [3.63, 3.8) is 0 Å². The van der Waals surface area contributed by atoms with Gasteiger partial charge in [-0.05, 0) is 119 Å². The van der Waals surface area contributed by atoms with Gasteiger partial charge in [0.2, 0.25) is 23.6 Å². The first kappa shape index (κ1) is 46.0. The molecular weight excluding hydrogens is 781 g/mol. The number of amides is 4. The van der Waals surface area contributed by atoms with Crippen LogP contribution in [0.4, 0.5) is 0 Å². The molecule has 60 heavy (non-hydrogen) atoms. The summed E-state index contributed by atoms with van der Waals surface area (Å²) < 4.78 is 0. The minimum Gasteiger partial charge on any atom is -0.350 e. The van der Waals surface area contributed by atoms with Gasteiger partial charge in [-0.15, -0.1) is 8.93 Å². The molecule has 9 atom stereocenters. The first-order valence-electron chi connectivity index (χ1n) is 21.4. The van der Waals surface area contributed by atoms with E-state index in [1.165, 1.54) is 16.2 Å². The van der Waals surface area contributed by atoms with Gasteiger partial charge in [0.1, 0.15) is 0 Å². The highest BCUT2D eigenvalue weighted by Gasteiger charge is 2.51. The maximum absolute atomic E-state index is 14.7. The van der Waals surface area contributed by atoms with Crippen molar-refractivity contribution in [1.82, 2.24) is 14.7 Å². The Bertz CT molecular complexity index is 2260. The Morgan fingerprint density at radius 3 is 1.92 bits per heavy atom. The number of rotatable bonds is 18. The minimum atomic E-state index is -0.647. The zero-order valence-electron chi connectivity index (χ0n) is 35.3. The van der Waals surface area contributed by atoms with Crippen LogP contribution in [0.1, 0.15) is 108 Å². The quantitative estimate of drug-likeness (QED) is 0.0647. The Hall–Kier alpha value is -5.08. The van der Waals surface area contributed by atoms with E-state index in [0.717, 1.165) is 49.7 Å². The first-order chi connectivity index (χ1) is 29.2. The van der Waals surface area contributed by atoms with Gasteiger partial charge in [0.05, 0.1) is 17.8 Å². The highest BCUT2D eigenvalue weighted by atomic mass is 32.0. The second-order valence-electron chi connectivity index (χ2n) is 16.1. The van der Waals surface area contributed by atoms with Crippen LogP contribution in [-0.2, 0) is 19.2 Å². The Kier molecular flexibility index (Phi) is 18.1. The summed E-state index contributed by atoms with van der Waals surface area (Å²) in [6, 6.07) is 20.1. The lowest BCUT2D eigenvalue weighted by Gasteiger charge is -2.27. The van der Waals surface area contributed by atoms with Crippen LogP contribution in [0.25, 0.3) is 0 Å². The number of carbonyl (C=O) groups is 4. The van der Waals surface area contributed by atoms with Crippen LogP contribution in [0.5, 0.6) is 0 Å². The third kappa shape index (κ3) is 12.0. The molecule has 3 heterocycles. The molecule has 310 valence electrons. The van der Waals surface area contributed by atoms with Crippen LogP contribution in [0.3, 0.4) is 0 Å². The van der Waals surface area contributed by atoms with Crippen molar-refractivity contribution in [1.29, 1.82) is 0 Å². The van der Waals surface area contributed by atoms with Gasteiger partial charge in [-0.3, -0.25) is 24.1 Å². The molecule has 0 aliphatic carbocycles. The molecule has 0 bridgehead atoms. The van der Waals surface area contributed by atoms with Crippen molar-refractivity contribution in [2.24, 2.45) is 23.7 Å². The van der Waals surface area contributed by atoms with Gasteiger partial charge in [0.25, 0.3) is 0 Å². The molecular formula is C51H57N3O4P2. The van der Waals surface area contributed by atoms with Crippen LogP contribution >= 0.6 is 17.2 Å². The van der Waals surface area contributed by atoms with Gasteiger partial charge in [-0.1, -0.05) is 128 Å². The fraction of sp³-hybridized carbons (Fsp3) is 0.451. The standard InChI is InChI=1S/C51H57N3O4P2/c1-5-7-9-11-13-14-15-16-24-30-47(52-33-31-43(37-52)60-59)54-48(55)39(4)44(51(54)58)35-42(41-28-22-19-23-29-41)36-46-45(34-38(3)40-26-20-18-21-27-40)49(56)53(50(46)57)32-25-17-12-10-8-6-2/h18-23,26-29,38-39,42-46,60H,1,6,8,10,12,17,25,31-37,59H2,2-4H3. The second kappa shape index (κ2) is 23.6. The molecule has 2 aromatic rings. The molecule has 0 N–H and O–H groups in total. The summed E-state index contributed by atoms with van der Waals surface area (Å²) in [5.41, 5.74) is 29.1. The number of imide groups is 2. The number of nitrogens with zero attached hydrogens (tertiary/aromatic N) is 3. The predicted molar refractivity (Wildman–Crippen MR) is 242 cm³/mol. The summed E-state index contributed by atoms with van der Waals surface area (Å²) >= 11 is 0. The molecule has 3 fully saturated rings. The summed E-state index contributed by atoms with van der Waals surface area (Å²) in [4.78, 5) is 62.5. The summed E-state index contributed by atoms with van der Waals surface area (Å²) in [6.07, 6.45) is 8.61. The second-order valence-corrected chi connectivity index (χ2v) is 18.2. The number of unbranched alkanes of at least 4 members (excludes halogenated alkanes) is 5. The van der Waals surface area contributed by atoms with Crippen LogP contribution < -0.4 is 0 Å². The maximum Gasteiger partial charge on any atom is 0.239 e. The van der Waals surface area contributed by atoms with Gasteiger partial charge in [-0.2, -0.15) is 0 Å². The summed E-state index contributed by atoms with van der Waals surface area (Å²) in [6.45, 7) is 11.3. The van der Waals surface area contributed by atoms with Gasteiger partial charge in [0, 0.05) is 25.6 Å². The zero-order chi connectivity index (χ0) is 42.9. The number of hydrogen-bond acceptors (Lipinski definition) is 5. The van der Waals surface area contributed by atoms with Crippen molar-refractivity contribution < 1.29 is 19.2 Å². The Balaban J connectivity index is 1.48. The number of likely N-dealkylation sites (tertiary alicyclic amines) is 3. The molecule has 4 amide bonds. The van der Waals surface area contributed by atoms with Gasteiger partial charge in [0.15, 0.2) is 5.82 Å². The normalized spacial score (nSPS) is 21.9. The molecule has 3 aliphatic rings. The van der Waals surface area contributed by atoms with Crippen LogP contribution in [0.15, 0.2) is 130 Å². The van der Waals surface area contributed by atoms with Crippen LogP contribution in [0.2, 0.25) is 0 Å². The lowest BCUT2D eigenvalue weighted by Crippen LogP contribution is -2.38. The van der Waals surface area contributed by atoms with E-state index >= 15 is 0 Å². The third-order valence-corrected chi connectivity index (χ3v) is 14.5. The van der Waals surface area contributed by atoms with Gasteiger partial charge < -0.3 is 4.90 Å². The van der Waals surface area contributed by atoms with E-state index in [4.69, 9.17) is 0 Å². The van der Waals surface area contributed by atoms with E-state index in [1.54, 1.807) is 0 Å². The maximum atomic E-state index is 14.7. The van der Waals surface area contributed by atoms with E-state index in [9.17, 15) is 19.2 Å². The highest BCUT2D eigenvalue weighted by molar-refractivity contribution is 8.03. The smallest absolute Gasteiger partial charge is 0.239 e. The van der Waals surface area contributed by atoms with Crippen LogP contribution in [-0.4, -0.2) is 63.6 Å². The zero-order valence-corrected chi connectivity index (χ0v) is 37.4. The molecule has 9 unspecified atom stereocenters. The lowest BCUT2D eigenvalue weighted by molar-refractivity contribution is -0.141. The topological polar surface area (TPSA) is 78.0 Å². The summed E-state index contributed by atoms with van der Waals surface area (Å²) in [7, 11) is 3.46. The third-order valence-electron chi connectivity index (χ3n) is 12.1. The van der Waals surface area contributed by atoms with Crippen molar-refractivity contribution in [3.05, 3.63) is 142 Å². The van der Waals surface area contributed by atoms with Crippen molar-refractivity contribution >= 4 is 40.8 Å². The average Bonchev–Trinajstić information content (AvgIpc) is 3.89. The number of benzene rings is 2. The molecule has 5 rings (SSSR count). The first-order valence-corrected chi connectivity index (χ1v) is 24.3. The van der Waals surface area contributed by atoms with E-state index in [0.29, 0.717) is 58.6 Å². The van der Waals surface area contributed by atoms with E-state index in [-0.39, 0.29) is 35.5 Å². The molecule has 9 heteroatoms. The molecule has 3 aliphatic heterocycles. The van der Waals surface area contributed by atoms with Crippen LogP contribution in [0, 0.1) is 23.7 Å². The molecule has 0 spiro atoms. The molecule has 2 aromatic carbocycles. The number of carbonyl (C=O) groups excluding carboxylic acids is 4. The summed E-state index contributed by atoms with van der Waals surface area (Å²) in [5, 5.41) is 0. The predicted octanol–water partition coefficient (Wildman–Crippen LogP) is 9.89. The molecule has 3 saturated heterocycles. The largest absolute Gasteiger partial charge is 0.350 e. The van der Waals surface area contributed by atoms with E-state index < -0.39 is 23.7 Å². The Morgan fingerprint density at radius 1 is 0.733 bits per heavy atom. The van der Waals surface area contributed by atoms with Crippen molar-refractivity contribution in [2.45, 2.75) is 102 Å². The highest BCUT2D eigenvalue weighted by Crippen LogP contribution is 2.45. The lowest BCUT2D eigenvalue weighted by atomic mass is 9.75. The fourth-order valence-electron chi connectivity index (χ4n) is 8.72. The molecule has 0 radical (unpaired) electrons. The number of hydrogen-bond donors (Lipinski definition) is 0. The van der Waals surface area contributed by atoms with Crippen molar-refractivity contribution in [3.8, 4) is 0 Å². The fourth-order valence-corrected chi connectivity index (χ4v) is 10.2. The SMILES string of the molecule is C=C=C=C=C=C=C=C=C=C=C=C(N1CCC(PP)C1)N1C(=O)C(C)C(CC(CC2C(=O)N(CCCCCCCC)C(=O)C2CC(C)c2ccccc2)c2ccccc2)C1=O. The Morgan fingerprint density at radius 2 is 1.30 bits per heavy atom. The molecule has 7 nitrogen and oxygen atoms in total. The monoisotopic (exact) mass is 837 g/mol.